The zero-order chi connectivity index (χ0) is 15.8. The number of rotatable bonds is 6. The summed E-state index contributed by atoms with van der Waals surface area (Å²) in [6.07, 6.45) is 0.0931. The van der Waals surface area contributed by atoms with Gasteiger partial charge >= 0.3 is 5.97 Å². The first-order valence-corrected chi connectivity index (χ1v) is 6.81. The van der Waals surface area contributed by atoms with E-state index in [9.17, 15) is 9.59 Å². The number of ether oxygens (including phenoxy) is 2. The Morgan fingerprint density at radius 1 is 1.05 bits per heavy atom. The molecule has 2 aromatic rings. The van der Waals surface area contributed by atoms with Crippen LogP contribution in [0.2, 0.25) is 0 Å². The molecule has 0 heterocycles. The molecular weight excluding hydrogens is 282 g/mol. The molecular formula is C17H17NO4. The summed E-state index contributed by atoms with van der Waals surface area (Å²) in [5, 5.41) is 2.64. The molecule has 2 aromatic carbocycles. The molecule has 0 atom stereocenters. The van der Waals surface area contributed by atoms with Crippen molar-refractivity contribution >= 4 is 17.6 Å². The fraction of sp³-hybridized carbons (Fsp3) is 0.176. The number of methoxy groups -OCH3 is 1. The standard InChI is InChI=1S/C17H17NO4/c1-21-15-9-5-6-13(10-15)11-17(20)22-12-16(19)18-14-7-3-2-4-8-14/h2-10H,11-12H2,1H3,(H,18,19). The number of carbonyl (C=O) groups is 2. The smallest absolute Gasteiger partial charge is 0.310 e. The maximum atomic E-state index is 11.7. The van der Waals surface area contributed by atoms with E-state index in [4.69, 9.17) is 9.47 Å². The molecule has 5 heteroatoms. The largest absolute Gasteiger partial charge is 0.497 e. The highest BCUT2D eigenvalue weighted by atomic mass is 16.5. The predicted octanol–water partition coefficient (Wildman–Crippen LogP) is 2.42. The second-order valence-corrected chi connectivity index (χ2v) is 4.60. The van der Waals surface area contributed by atoms with Crippen LogP contribution in [0.15, 0.2) is 54.6 Å². The van der Waals surface area contributed by atoms with Crippen LogP contribution >= 0.6 is 0 Å². The first-order chi connectivity index (χ1) is 10.7. The van der Waals surface area contributed by atoms with Crippen LogP contribution < -0.4 is 10.1 Å². The van der Waals surface area contributed by atoms with Crippen LogP contribution in [-0.2, 0) is 20.7 Å². The Balaban J connectivity index is 1.78. The van der Waals surface area contributed by atoms with E-state index in [0.717, 1.165) is 5.56 Å². The first kappa shape index (κ1) is 15.6. The van der Waals surface area contributed by atoms with E-state index >= 15 is 0 Å². The van der Waals surface area contributed by atoms with Gasteiger partial charge in [0.2, 0.25) is 0 Å². The third-order valence-corrected chi connectivity index (χ3v) is 2.90. The lowest BCUT2D eigenvalue weighted by molar-refractivity contribution is -0.146. The quantitative estimate of drug-likeness (QED) is 0.832. The molecule has 1 N–H and O–H groups in total. The Labute approximate surface area is 128 Å². The van der Waals surface area contributed by atoms with Crippen molar-refractivity contribution < 1.29 is 19.1 Å². The van der Waals surface area contributed by atoms with Gasteiger partial charge in [0, 0.05) is 5.69 Å². The van der Waals surface area contributed by atoms with E-state index in [1.807, 2.05) is 18.2 Å². The van der Waals surface area contributed by atoms with E-state index in [1.165, 1.54) is 0 Å². The lowest BCUT2D eigenvalue weighted by Crippen LogP contribution is -2.21. The normalized spacial score (nSPS) is 9.86. The lowest BCUT2D eigenvalue weighted by atomic mass is 10.1. The molecule has 22 heavy (non-hydrogen) atoms. The minimum absolute atomic E-state index is 0.0931. The molecule has 0 aromatic heterocycles. The van der Waals surface area contributed by atoms with E-state index in [-0.39, 0.29) is 18.9 Å². The van der Waals surface area contributed by atoms with Crippen molar-refractivity contribution in [3.63, 3.8) is 0 Å². The van der Waals surface area contributed by atoms with Crippen LogP contribution in [0.5, 0.6) is 5.75 Å². The maximum absolute atomic E-state index is 11.7. The zero-order valence-electron chi connectivity index (χ0n) is 12.2. The summed E-state index contributed by atoms with van der Waals surface area (Å²) in [4.78, 5) is 23.4. The Morgan fingerprint density at radius 2 is 1.82 bits per heavy atom. The van der Waals surface area contributed by atoms with Gasteiger partial charge in [0.1, 0.15) is 5.75 Å². The molecule has 1 amide bonds. The molecule has 5 nitrogen and oxygen atoms in total. The van der Waals surface area contributed by atoms with Crippen LogP contribution in [0.25, 0.3) is 0 Å². The molecule has 0 radical (unpaired) electrons. The SMILES string of the molecule is COc1cccc(CC(=O)OCC(=O)Nc2ccccc2)c1. The molecule has 0 saturated heterocycles. The Bertz CT molecular complexity index is 640. The first-order valence-electron chi connectivity index (χ1n) is 6.81. The van der Waals surface area contributed by atoms with Crippen molar-refractivity contribution in [2.45, 2.75) is 6.42 Å². The molecule has 0 aliphatic rings. The number of anilines is 1. The zero-order valence-corrected chi connectivity index (χ0v) is 12.2. The van der Waals surface area contributed by atoms with E-state index < -0.39 is 5.97 Å². The topological polar surface area (TPSA) is 64.6 Å². The van der Waals surface area contributed by atoms with Crippen LogP contribution in [-0.4, -0.2) is 25.6 Å². The lowest BCUT2D eigenvalue weighted by Gasteiger charge is -2.07. The van der Waals surface area contributed by atoms with Gasteiger partial charge in [-0.2, -0.15) is 0 Å². The number of carbonyl (C=O) groups excluding carboxylic acids is 2. The van der Waals surface area contributed by atoms with Crippen LogP contribution in [0.3, 0.4) is 0 Å². The molecule has 0 aliphatic carbocycles. The van der Waals surface area contributed by atoms with Crippen molar-refractivity contribution in [1.29, 1.82) is 0 Å². The Morgan fingerprint density at radius 3 is 2.55 bits per heavy atom. The number of hydrogen-bond donors (Lipinski definition) is 1. The highest BCUT2D eigenvalue weighted by molar-refractivity contribution is 5.92. The summed E-state index contributed by atoms with van der Waals surface area (Å²) in [6, 6.07) is 16.1. The number of benzene rings is 2. The highest BCUT2D eigenvalue weighted by Gasteiger charge is 2.09. The molecule has 0 saturated carbocycles. The summed E-state index contributed by atoms with van der Waals surface area (Å²) < 4.78 is 10.0. The van der Waals surface area contributed by atoms with Crippen molar-refractivity contribution in [1.82, 2.24) is 0 Å². The summed E-state index contributed by atoms with van der Waals surface area (Å²) >= 11 is 0. The summed E-state index contributed by atoms with van der Waals surface area (Å²) in [6.45, 7) is -0.308. The summed E-state index contributed by atoms with van der Waals surface area (Å²) in [7, 11) is 1.56. The third kappa shape index (κ3) is 4.94. The average molecular weight is 299 g/mol. The van der Waals surface area contributed by atoms with Gasteiger partial charge in [-0.3, -0.25) is 9.59 Å². The molecule has 2 rings (SSSR count). The number of para-hydroxylation sites is 1. The van der Waals surface area contributed by atoms with E-state index in [0.29, 0.717) is 11.4 Å². The van der Waals surface area contributed by atoms with E-state index in [2.05, 4.69) is 5.32 Å². The van der Waals surface area contributed by atoms with Gasteiger partial charge in [-0.25, -0.2) is 0 Å². The molecule has 0 unspecified atom stereocenters. The highest BCUT2D eigenvalue weighted by Crippen LogP contribution is 2.13. The van der Waals surface area contributed by atoms with Crippen molar-refractivity contribution in [2.75, 3.05) is 19.0 Å². The minimum Gasteiger partial charge on any atom is -0.497 e. The monoisotopic (exact) mass is 299 g/mol. The maximum Gasteiger partial charge on any atom is 0.310 e. The fourth-order valence-corrected chi connectivity index (χ4v) is 1.86. The Kier molecular flexibility index (Phi) is 5.54. The van der Waals surface area contributed by atoms with Gasteiger partial charge in [-0.15, -0.1) is 0 Å². The van der Waals surface area contributed by atoms with E-state index in [1.54, 1.807) is 43.5 Å². The predicted molar refractivity (Wildman–Crippen MR) is 82.7 cm³/mol. The number of hydrogen-bond acceptors (Lipinski definition) is 4. The van der Waals surface area contributed by atoms with Gasteiger partial charge in [0.25, 0.3) is 5.91 Å². The minimum atomic E-state index is -0.462. The second kappa shape index (κ2) is 7.83. The molecule has 0 fully saturated rings. The third-order valence-electron chi connectivity index (χ3n) is 2.90. The molecule has 0 aliphatic heterocycles. The molecule has 0 bridgehead atoms. The van der Waals surface area contributed by atoms with Gasteiger partial charge in [0.15, 0.2) is 6.61 Å². The number of nitrogens with one attached hydrogen (secondary N) is 1. The molecule has 0 spiro atoms. The Hall–Kier alpha value is -2.82. The van der Waals surface area contributed by atoms with Crippen LogP contribution in [0, 0.1) is 0 Å². The summed E-state index contributed by atoms with van der Waals surface area (Å²) in [5.74, 6) is -0.159. The van der Waals surface area contributed by atoms with Gasteiger partial charge in [0.05, 0.1) is 13.5 Å². The van der Waals surface area contributed by atoms with Crippen LogP contribution in [0.1, 0.15) is 5.56 Å². The average Bonchev–Trinajstić information content (AvgIpc) is 2.54. The number of amides is 1. The van der Waals surface area contributed by atoms with Crippen molar-refractivity contribution in [3.05, 3.63) is 60.2 Å². The van der Waals surface area contributed by atoms with Gasteiger partial charge in [-0.05, 0) is 29.8 Å². The van der Waals surface area contributed by atoms with Crippen molar-refractivity contribution in [2.24, 2.45) is 0 Å². The number of esters is 1. The fourth-order valence-electron chi connectivity index (χ4n) is 1.86. The van der Waals surface area contributed by atoms with Gasteiger partial charge < -0.3 is 14.8 Å². The van der Waals surface area contributed by atoms with Gasteiger partial charge in [-0.1, -0.05) is 30.3 Å². The van der Waals surface area contributed by atoms with Crippen molar-refractivity contribution in [3.8, 4) is 5.75 Å². The second-order valence-electron chi connectivity index (χ2n) is 4.60. The van der Waals surface area contributed by atoms with Crippen LogP contribution in [0.4, 0.5) is 5.69 Å². The summed E-state index contributed by atoms with van der Waals surface area (Å²) in [5.41, 5.74) is 1.43. The molecule has 114 valence electrons.